The Kier molecular flexibility index (Phi) is 7.39. The van der Waals surface area contributed by atoms with E-state index in [0.29, 0.717) is 13.1 Å². The maximum absolute atomic E-state index is 5.98. The molecule has 0 fully saturated rings. The molecule has 0 saturated heterocycles. The summed E-state index contributed by atoms with van der Waals surface area (Å²) in [6.07, 6.45) is 4.35. The molecule has 3 rings (SSSR count). The number of ether oxygens (including phenoxy) is 2. The van der Waals surface area contributed by atoms with E-state index < -0.39 is 0 Å². The first-order chi connectivity index (χ1) is 14.2. The minimum atomic E-state index is -0.0433. The van der Waals surface area contributed by atoms with Gasteiger partial charge in [0.25, 0.3) is 0 Å². The molecule has 2 aromatic carbocycles. The Morgan fingerprint density at radius 2 is 1.72 bits per heavy atom. The van der Waals surface area contributed by atoms with Gasteiger partial charge in [-0.2, -0.15) is 0 Å². The predicted molar refractivity (Wildman–Crippen MR) is 119 cm³/mol. The number of para-hydroxylation sites is 2. The zero-order valence-electron chi connectivity index (χ0n) is 17.4. The second-order valence-electron chi connectivity index (χ2n) is 6.93. The molecule has 1 aliphatic heterocycles. The SMILES string of the molecule is CN=C(NCc1ccc(N2CC=CC2)cc1)NCC(C)Oc1ccccc1OC. The highest BCUT2D eigenvalue weighted by Gasteiger charge is 2.10. The number of methoxy groups -OCH3 is 1. The molecule has 29 heavy (non-hydrogen) atoms. The molecular formula is C23H30N4O2. The predicted octanol–water partition coefficient (Wildman–Crippen LogP) is 3.20. The van der Waals surface area contributed by atoms with Crippen molar-refractivity contribution >= 4 is 11.6 Å². The molecular weight excluding hydrogens is 364 g/mol. The van der Waals surface area contributed by atoms with Gasteiger partial charge in [-0.15, -0.1) is 0 Å². The van der Waals surface area contributed by atoms with Gasteiger partial charge in [0.2, 0.25) is 0 Å². The fraction of sp³-hybridized carbons (Fsp3) is 0.348. The van der Waals surface area contributed by atoms with Crippen LogP contribution in [0.5, 0.6) is 11.5 Å². The van der Waals surface area contributed by atoms with Crippen LogP contribution in [-0.2, 0) is 6.54 Å². The highest BCUT2D eigenvalue weighted by atomic mass is 16.5. The highest BCUT2D eigenvalue weighted by molar-refractivity contribution is 5.79. The van der Waals surface area contributed by atoms with Crippen LogP contribution in [0.1, 0.15) is 12.5 Å². The van der Waals surface area contributed by atoms with Gasteiger partial charge in [-0.05, 0) is 36.8 Å². The van der Waals surface area contributed by atoms with Crippen LogP contribution in [0.3, 0.4) is 0 Å². The van der Waals surface area contributed by atoms with E-state index in [-0.39, 0.29) is 6.10 Å². The van der Waals surface area contributed by atoms with E-state index >= 15 is 0 Å². The van der Waals surface area contributed by atoms with Crippen LogP contribution in [0.15, 0.2) is 65.7 Å². The van der Waals surface area contributed by atoms with Gasteiger partial charge >= 0.3 is 0 Å². The molecule has 1 heterocycles. The van der Waals surface area contributed by atoms with Gasteiger partial charge in [-0.25, -0.2) is 0 Å². The second-order valence-corrected chi connectivity index (χ2v) is 6.93. The molecule has 2 aromatic rings. The molecule has 0 aliphatic carbocycles. The maximum atomic E-state index is 5.98. The molecule has 1 aliphatic rings. The van der Waals surface area contributed by atoms with Gasteiger partial charge < -0.3 is 25.0 Å². The van der Waals surface area contributed by atoms with Crippen molar-refractivity contribution in [1.82, 2.24) is 10.6 Å². The first-order valence-corrected chi connectivity index (χ1v) is 9.92. The molecule has 154 valence electrons. The summed E-state index contributed by atoms with van der Waals surface area (Å²) in [7, 11) is 3.41. The standard InChI is InChI=1S/C23H30N4O2/c1-18(29-22-9-5-4-8-21(22)28-3)16-25-23(24-2)26-17-19-10-12-20(13-11-19)27-14-6-7-15-27/h4-13,18H,14-17H2,1-3H3,(H2,24,25,26). The highest BCUT2D eigenvalue weighted by Crippen LogP contribution is 2.26. The maximum Gasteiger partial charge on any atom is 0.191 e. The average Bonchev–Trinajstić information content (AvgIpc) is 3.29. The molecule has 0 amide bonds. The molecule has 0 spiro atoms. The lowest BCUT2D eigenvalue weighted by Gasteiger charge is -2.19. The van der Waals surface area contributed by atoms with Crippen molar-refractivity contribution in [2.24, 2.45) is 4.99 Å². The van der Waals surface area contributed by atoms with E-state index in [1.54, 1.807) is 14.2 Å². The van der Waals surface area contributed by atoms with Crippen molar-refractivity contribution in [1.29, 1.82) is 0 Å². The summed E-state index contributed by atoms with van der Waals surface area (Å²) in [6, 6.07) is 16.3. The van der Waals surface area contributed by atoms with Crippen LogP contribution in [0.4, 0.5) is 5.69 Å². The number of nitrogens with one attached hydrogen (secondary N) is 2. The van der Waals surface area contributed by atoms with Crippen LogP contribution >= 0.6 is 0 Å². The number of rotatable bonds is 8. The Bertz CT molecular complexity index is 825. The summed E-state index contributed by atoms with van der Waals surface area (Å²) in [4.78, 5) is 6.63. The normalized spacial score (nSPS) is 14.6. The lowest BCUT2D eigenvalue weighted by atomic mass is 10.2. The van der Waals surface area contributed by atoms with Gasteiger partial charge in [0, 0.05) is 32.4 Å². The molecule has 0 bridgehead atoms. The summed E-state index contributed by atoms with van der Waals surface area (Å²) in [5, 5.41) is 6.66. The van der Waals surface area contributed by atoms with Crippen molar-refractivity contribution in [2.75, 3.05) is 38.7 Å². The Morgan fingerprint density at radius 1 is 1.03 bits per heavy atom. The molecule has 6 nitrogen and oxygen atoms in total. The lowest BCUT2D eigenvalue weighted by Crippen LogP contribution is -2.41. The zero-order chi connectivity index (χ0) is 20.5. The molecule has 1 atom stereocenters. The molecule has 2 N–H and O–H groups in total. The smallest absolute Gasteiger partial charge is 0.191 e. The number of hydrogen-bond acceptors (Lipinski definition) is 4. The van der Waals surface area contributed by atoms with E-state index in [1.165, 1.54) is 11.3 Å². The second kappa shape index (κ2) is 10.4. The van der Waals surface area contributed by atoms with Crippen LogP contribution in [0.2, 0.25) is 0 Å². The summed E-state index contributed by atoms with van der Waals surface area (Å²) < 4.78 is 11.3. The molecule has 1 unspecified atom stereocenters. The Labute approximate surface area is 173 Å². The van der Waals surface area contributed by atoms with E-state index in [4.69, 9.17) is 9.47 Å². The van der Waals surface area contributed by atoms with E-state index in [9.17, 15) is 0 Å². The zero-order valence-corrected chi connectivity index (χ0v) is 17.4. The third-order valence-electron chi connectivity index (χ3n) is 4.76. The van der Waals surface area contributed by atoms with Gasteiger partial charge in [-0.1, -0.05) is 36.4 Å². The number of hydrogen-bond donors (Lipinski definition) is 2. The Morgan fingerprint density at radius 3 is 2.38 bits per heavy atom. The van der Waals surface area contributed by atoms with E-state index in [2.05, 4.69) is 56.9 Å². The molecule has 0 saturated carbocycles. The Balaban J connectivity index is 1.44. The number of guanidine groups is 1. The van der Waals surface area contributed by atoms with Crippen LogP contribution in [-0.4, -0.2) is 45.9 Å². The van der Waals surface area contributed by atoms with Gasteiger partial charge in [0.05, 0.1) is 13.7 Å². The van der Waals surface area contributed by atoms with Crippen LogP contribution in [0.25, 0.3) is 0 Å². The van der Waals surface area contributed by atoms with Gasteiger partial charge in [0.15, 0.2) is 17.5 Å². The summed E-state index contributed by atoms with van der Waals surface area (Å²) in [5.41, 5.74) is 2.46. The van der Waals surface area contributed by atoms with Crippen molar-refractivity contribution < 1.29 is 9.47 Å². The van der Waals surface area contributed by atoms with Crippen LogP contribution < -0.4 is 25.0 Å². The largest absolute Gasteiger partial charge is 0.493 e. The molecule has 0 aromatic heterocycles. The quantitative estimate of drug-likeness (QED) is 0.409. The average molecular weight is 395 g/mol. The van der Waals surface area contributed by atoms with Crippen molar-refractivity contribution in [3.05, 3.63) is 66.2 Å². The molecule has 6 heteroatoms. The van der Waals surface area contributed by atoms with Crippen molar-refractivity contribution in [2.45, 2.75) is 19.6 Å². The number of anilines is 1. The minimum Gasteiger partial charge on any atom is -0.493 e. The van der Waals surface area contributed by atoms with Crippen molar-refractivity contribution in [3.63, 3.8) is 0 Å². The fourth-order valence-electron chi connectivity index (χ4n) is 3.13. The van der Waals surface area contributed by atoms with E-state index in [1.807, 2.05) is 31.2 Å². The van der Waals surface area contributed by atoms with Gasteiger partial charge in [-0.3, -0.25) is 4.99 Å². The fourth-order valence-corrected chi connectivity index (χ4v) is 3.13. The molecule has 0 radical (unpaired) electrons. The topological polar surface area (TPSA) is 58.1 Å². The van der Waals surface area contributed by atoms with Crippen molar-refractivity contribution in [3.8, 4) is 11.5 Å². The first-order valence-electron chi connectivity index (χ1n) is 9.92. The van der Waals surface area contributed by atoms with E-state index in [0.717, 1.165) is 30.5 Å². The minimum absolute atomic E-state index is 0.0433. The Hall–Kier alpha value is -3.15. The summed E-state index contributed by atoms with van der Waals surface area (Å²) in [5.74, 6) is 2.21. The first kappa shape index (κ1) is 20.6. The lowest BCUT2D eigenvalue weighted by molar-refractivity contribution is 0.213. The third-order valence-corrected chi connectivity index (χ3v) is 4.76. The number of nitrogens with zero attached hydrogens (tertiary/aromatic N) is 2. The van der Waals surface area contributed by atoms with Gasteiger partial charge in [0.1, 0.15) is 6.10 Å². The monoisotopic (exact) mass is 394 g/mol. The summed E-state index contributed by atoms with van der Waals surface area (Å²) in [6.45, 7) is 5.32. The third kappa shape index (κ3) is 5.91. The summed E-state index contributed by atoms with van der Waals surface area (Å²) >= 11 is 0. The number of aliphatic imine (C=N–C) groups is 1. The number of benzene rings is 2. The van der Waals surface area contributed by atoms with Crippen LogP contribution in [0, 0.1) is 0 Å².